The van der Waals surface area contributed by atoms with Crippen LogP contribution in [0.15, 0.2) is 85.2 Å². The first-order valence-corrected chi connectivity index (χ1v) is 25.0. The number of ether oxygens (including phenoxy) is 1. The molecule has 14 heteroatoms. The molecule has 354 valence electrons. The van der Waals surface area contributed by atoms with Gasteiger partial charge in [0.15, 0.2) is 5.82 Å². The number of nitrogens with one attached hydrogen (secondary N) is 1. The number of pyridine rings is 1. The van der Waals surface area contributed by atoms with E-state index in [9.17, 15) is 19.5 Å². The number of hydrogen-bond acceptors (Lipinski definition) is 11. The third kappa shape index (κ3) is 8.59. The second-order valence-electron chi connectivity index (χ2n) is 20.9. The molecule has 0 spiro atoms. The standard InChI is InChI=1S/C55H59N9O5/c65-49-14-13-48(51(66)59-49)64-31-42-27-43(9-12-45(42)52(64)67)62-19-15-38(16-20-62)30-61-24-22-60(23-25-61)18-3-4-37-7-10-44(11-8-37)69-36-54-33-55(34-54,35-54)53(68)63-21-17-40-28-57-50(58-47(40)32-63)41-26-39-5-1-2-6-46(39)56-29-41/h1-2,5-12,26-29,38,48,51,66H,13-25,30-36H2,(H,59,65). The van der Waals surface area contributed by atoms with Crippen LogP contribution in [0.5, 0.6) is 5.75 Å². The van der Waals surface area contributed by atoms with Crippen molar-refractivity contribution in [3.05, 3.63) is 113 Å². The van der Waals surface area contributed by atoms with Crippen molar-refractivity contribution in [2.75, 3.05) is 70.4 Å². The highest BCUT2D eigenvalue weighted by Gasteiger charge is 2.72. The number of hydrogen-bond donors (Lipinski definition) is 2. The second-order valence-corrected chi connectivity index (χ2v) is 20.9. The summed E-state index contributed by atoms with van der Waals surface area (Å²) < 4.78 is 6.30. The van der Waals surface area contributed by atoms with Gasteiger partial charge in [-0.05, 0) is 117 Å². The van der Waals surface area contributed by atoms with Crippen LogP contribution in [-0.2, 0) is 29.1 Å². The summed E-state index contributed by atoms with van der Waals surface area (Å²) >= 11 is 0. The molecule has 5 aliphatic heterocycles. The number of para-hydroxylation sites is 1. The maximum absolute atomic E-state index is 13.9. The van der Waals surface area contributed by atoms with Crippen LogP contribution in [0.4, 0.5) is 5.69 Å². The van der Waals surface area contributed by atoms with E-state index in [2.05, 4.69) is 60.0 Å². The van der Waals surface area contributed by atoms with Gasteiger partial charge < -0.3 is 34.8 Å². The lowest BCUT2D eigenvalue weighted by molar-refractivity contribution is -0.226. The lowest BCUT2D eigenvalue weighted by Gasteiger charge is -2.69. The SMILES string of the molecule is O=C1CCC(N2Cc3cc(N4CCC(CN5CCN(CC#Cc6ccc(OCC78CC(C(=O)N9CCc%10cnc(-c%11cnc%12ccccc%12c%11)nc%10C9)(C7)C8)cc6)CC5)CC4)ccc3C2=O)C(O)N1. The summed E-state index contributed by atoms with van der Waals surface area (Å²) in [6.07, 6.45) is 9.25. The van der Waals surface area contributed by atoms with E-state index in [1.807, 2.05) is 71.9 Å². The molecule has 2 bridgehead atoms. The van der Waals surface area contributed by atoms with Crippen molar-refractivity contribution in [1.29, 1.82) is 0 Å². The van der Waals surface area contributed by atoms with Crippen molar-refractivity contribution in [2.24, 2.45) is 16.7 Å². The highest BCUT2D eigenvalue weighted by Crippen LogP contribution is 2.74. The van der Waals surface area contributed by atoms with E-state index in [-0.39, 0.29) is 28.6 Å². The number of piperidine rings is 2. The molecule has 2 unspecified atom stereocenters. The molecule has 8 aliphatic rings. The molecule has 5 aromatic rings. The quantitative estimate of drug-likeness (QED) is 0.177. The number of nitrogens with zero attached hydrogens (tertiary/aromatic N) is 8. The molecule has 2 atom stereocenters. The zero-order valence-corrected chi connectivity index (χ0v) is 39.1. The number of amides is 3. The van der Waals surface area contributed by atoms with Crippen LogP contribution in [-0.4, -0.2) is 135 Å². The summed E-state index contributed by atoms with van der Waals surface area (Å²) in [7, 11) is 0. The van der Waals surface area contributed by atoms with E-state index in [4.69, 9.17) is 9.72 Å². The van der Waals surface area contributed by atoms with Gasteiger partial charge >= 0.3 is 0 Å². The highest BCUT2D eigenvalue weighted by atomic mass is 16.5. The van der Waals surface area contributed by atoms with Crippen LogP contribution in [0, 0.1) is 28.6 Å². The number of carbonyl (C=O) groups is 3. The number of aromatic nitrogens is 3. The summed E-state index contributed by atoms with van der Waals surface area (Å²) in [6, 6.07) is 24.0. The minimum Gasteiger partial charge on any atom is -0.493 e. The third-order valence-electron chi connectivity index (χ3n) is 16.2. The van der Waals surface area contributed by atoms with E-state index in [0.717, 1.165) is 141 Å². The zero-order valence-electron chi connectivity index (χ0n) is 39.1. The fourth-order valence-corrected chi connectivity index (χ4v) is 12.4. The van der Waals surface area contributed by atoms with Crippen LogP contribution in [0.3, 0.4) is 0 Å². The van der Waals surface area contributed by atoms with E-state index < -0.39 is 12.3 Å². The zero-order chi connectivity index (χ0) is 46.7. The minimum atomic E-state index is -1.03. The van der Waals surface area contributed by atoms with Crippen LogP contribution >= 0.6 is 0 Å². The van der Waals surface area contributed by atoms with Crippen LogP contribution < -0.4 is 15.0 Å². The van der Waals surface area contributed by atoms with E-state index in [1.165, 1.54) is 0 Å². The maximum Gasteiger partial charge on any atom is 0.254 e. The number of rotatable bonds is 10. The molecule has 0 radical (unpaired) electrons. The summed E-state index contributed by atoms with van der Waals surface area (Å²) in [5.41, 5.74) is 7.56. The normalized spacial score (nSPS) is 25.8. The molecule has 14 nitrogen and oxygen atoms in total. The molecule has 3 amide bonds. The molecule has 6 fully saturated rings. The number of aliphatic hydroxyl groups excluding tert-OH is 1. The van der Waals surface area contributed by atoms with Crippen molar-refractivity contribution >= 4 is 34.3 Å². The lowest BCUT2D eigenvalue weighted by atomic mass is 9.35. The molecule has 2 aromatic heterocycles. The molecule has 69 heavy (non-hydrogen) atoms. The molecule has 3 saturated carbocycles. The molecular weight excluding hydrogens is 867 g/mol. The average molecular weight is 926 g/mol. The Morgan fingerprint density at radius 2 is 1.62 bits per heavy atom. The minimum absolute atomic E-state index is 0.0648. The first-order chi connectivity index (χ1) is 33.6. The highest BCUT2D eigenvalue weighted by molar-refractivity contribution is 5.99. The number of fused-ring (bicyclic) bond motifs is 3. The molecular formula is C55H59N9O5. The summed E-state index contributed by atoms with van der Waals surface area (Å²) in [5.74, 6) is 8.97. The van der Waals surface area contributed by atoms with E-state index >= 15 is 0 Å². The fraction of sp³-hybridized carbons (Fsp3) is 0.455. The molecule has 3 aromatic carbocycles. The maximum atomic E-state index is 13.9. The number of carbonyl (C=O) groups excluding carboxylic acids is 3. The van der Waals surface area contributed by atoms with Crippen LogP contribution in [0.2, 0.25) is 0 Å². The Labute approximate surface area is 403 Å². The summed E-state index contributed by atoms with van der Waals surface area (Å²) in [6.45, 7) is 10.4. The Hall–Kier alpha value is -6.40. The van der Waals surface area contributed by atoms with Crippen molar-refractivity contribution in [1.82, 2.24) is 39.9 Å². The van der Waals surface area contributed by atoms with Gasteiger partial charge in [0, 0.05) is 111 Å². The van der Waals surface area contributed by atoms with E-state index in [1.54, 1.807) is 4.90 Å². The Balaban J connectivity index is 0.549. The first kappa shape index (κ1) is 43.9. The van der Waals surface area contributed by atoms with Gasteiger partial charge in [-0.2, -0.15) is 0 Å². The van der Waals surface area contributed by atoms with E-state index in [0.29, 0.717) is 56.4 Å². The lowest BCUT2D eigenvalue weighted by Crippen LogP contribution is -2.70. The van der Waals surface area contributed by atoms with Gasteiger partial charge in [0.25, 0.3) is 5.91 Å². The van der Waals surface area contributed by atoms with Crippen LogP contribution in [0.1, 0.15) is 77.7 Å². The average Bonchev–Trinajstić information content (AvgIpc) is 3.68. The van der Waals surface area contributed by atoms with Gasteiger partial charge in [0.1, 0.15) is 12.0 Å². The second kappa shape index (κ2) is 17.8. The largest absolute Gasteiger partial charge is 0.493 e. The van der Waals surface area contributed by atoms with Gasteiger partial charge in [-0.15, -0.1) is 0 Å². The summed E-state index contributed by atoms with van der Waals surface area (Å²) in [5, 5.41) is 14.1. The fourth-order valence-electron chi connectivity index (χ4n) is 12.4. The first-order valence-electron chi connectivity index (χ1n) is 25.0. The van der Waals surface area contributed by atoms with Crippen LogP contribution in [0.25, 0.3) is 22.3 Å². The Kier molecular flexibility index (Phi) is 11.3. The monoisotopic (exact) mass is 925 g/mol. The predicted octanol–water partition coefficient (Wildman–Crippen LogP) is 5.26. The molecule has 3 aliphatic carbocycles. The number of aliphatic hydroxyl groups is 1. The number of piperazine rings is 1. The molecule has 3 saturated heterocycles. The summed E-state index contributed by atoms with van der Waals surface area (Å²) in [4.78, 5) is 64.3. The van der Waals surface area contributed by atoms with Gasteiger partial charge in [0.2, 0.25) is 11.8 Å². The number of anilines is 1. The smallest absolute Gasteiger partial charge is 0.254 e. The Morgan fingerprint density at radius 1 is 0.826 bits per heavy atom. The molecule has 7 heterocycles. The van der Waals surface area contributed by atoms with Crippen molar-refractivity contribution in [3.63, 3.8) is 0 Å². The topological polar surface area (TPSA) is 148 Å². The van der Waals surface area contributed by atoms with Gasteiger partial charge in [-0.3, -0.25) is 24.3 Å². The Morgan fingerprint density at radius 3 is 2.43 bits per heavy atom. The molecule has 2 N–H and O–H groups in total. The Bertz CT molecular complexity index is 2860. The van der Waals surface area contributed by atoms with Crippen molar-refractivity contribution in [2.45, 2.75) is 76.7 Å². The van der Waals surface area contributed by atoms with Gasteiger partial charge in [-0.25, -0.2) is 9.97 Å². The molecule has 13 rings (SSSR count). The third-order valence-corrected chi connectivity index (χ3v) is 16.2. The van der Waals surface area contributed by atoms with Gasteiger partial charge in [-0.1, -0.05) is 30.0 Å². The number of benzene rings is 3. The predicted molar refractivity (Wildman–Crippen MR) is 261 cm³/mol. The van der Waals surface area contributed by atoms with Crippen molar-refractivity contribution < 1.29 is 24.2 Å². The van der Waals surface area contributed by atoms with Crippen molar-refractivity contribution in [3.8, 4) is 29.0 Å². The van der Waals surface area contributed by atoms with Gasteiger partial charge in [0.05, 0.1) is 42.4 Å².